The minimum Gasteiger partial charge on any atom is -0.453 e. The van der Waals surface area contributed by atoms with Crippen LogP contribution in [0.3, 0.4) is 0 Å². The number of hydrogen-bond acceptors (Lipinski definition) is 4. The van der Waals surface area contributed by atoms with Crippen LogP contribution in [0.2, 0.25) is 0 Å². The zero-order chi connectivity index (χ0) is 10.5. The monoisotopic (exact) mass is 197 g/mol. The van der Waals surface area contributed by atoms with E-state index in [-0.39, 0.29) is 5.69 Å². The fourth-order valence-electron chi connectivity index (χ4n) is 1.09. The molecule has 0 aliphatic carbocycles. The Morgan fingerprint density at radius 1 is 1.20 bits per heavy atom. The highest BCUT2D eigenvalue weighted by atomic mass is 16.5. The Bertz CT molecular complexity index is 491. The molecule has 4 heteroatoms. The highest BCUT2D eigenvalue weighted by Gasteiger charge is 2.03. The zero-order valence-corrected chi connectivity index (χ0v) is 7.79. The van der Waals surface area contributed by atoms with E-state index in [1.165, 1.54) is 0 Å². The number of aromatic nitrogens is 2. The molecule has 0 unspecified atom stereocenters. The summed E-state index contributed by atoms with van der Waals surface area (Å²) in [4.78, 5) is 7.79. The van der Waals surface area contributed by atoms with Crippen molar-refractivity contribution in [3.8, 4) is 17.6 Å². The maximum Gasteiger partial charge on any atom is 0.183 e. The molecule has 72 valence electrons. The van der Waals surface area contributed by atoms with Crippen molar-refractivity contribution in [3.05, 3.63) is 48.5 Å². The molecule has 2 aromatic heterocycles. The Kier molecular flexibility index (Phi) is 2.56. The van der Waals surface area contributed by atoms with Gasteiger partial charge in [0, 0.05) is 12.4 Å². The Labute approximate surface area is 86.8 Å². The largest absolute Gasteiger partial charge is 0.453 e. The second kappa shape index (κ2) is 4.20. The van der Waals surface area contributed by atoms with Crippen LogP contribution in [-0.2, 0) is 0 Å². The summed E-state index contributed by atoms with van der Waals surface area (Å²) in [6, 6.07) is 8.89. The maximum atomic E-state index is 8.79. The van der Waals surface area contributed by atoms with E-state index in [1.54, 1.807) is 42.9 Å². The van der Waals surface area contributed by atoms with Crippen LogP contribution in [0, 0.1) is 11.3 Å². The highest BCUT2D eigenvalue weighted by molar-refractivity contribution is 5.39. The van der Waals surface area contributed by atoms with Crippen molar-refractivity contribution in [3.63, 3.8) is 0 Å². The highest BCUT2D eigenvalue weighted by Crippen LogP contribution is 2.21. The maximum absolute atomic E-state index is 8.79. The first-order chi connectivity index (χ1) is 7.40. The first-order valence-electron chi connectivity index (χ1n) is 4.33. The summed E-state index contributed by atoms with van der Waals surface area (Å²) in [6.45, 7) is 0. The van der Waals surface area contributed by atoms with E-state index in [4.69, 9.17) is 10.00 Å². The number of rotatable bonds is 2. The summed E-state index contributed by atoms with van der Waals surface area (Å²) in [5.74, 6) is 1.02. The Morgan fingerprint density at radius 2 is 2.07 bits per heavy atom. The van der Waals surface area contributed by atoms with Gasteiger partial charge >= 0.3 is 0 Å². The van der Waals surface area contributed by atoms with Gasteiger partial charge in [0.2, 0.25) is 0 Å². The molecule has 0 radical (unpaired) electrons. The average molecular weight is 197 g/mol. The molecule has 2 aromatic rings. The third kappa shape index (κ3) is 2.09. The van der Waals surface area contributed by atoms with E-state index in [1.807, 2.05) is 6.07 Å². The second-order valence-electron chi connectivity index (χ2n) is 2.75. The SMILES string of the molecule is N#Cc1ncccc1Oc1cccnc1. The molecule has 2 rings (SSSR count). The van der Waals surface area contributed by atoms with Crippen molar-refractivity contribution < 1.29 is 4.74 Å². The predicted octanol–water partition coefficient (Wildman–Crippen LogP) is 2.14. The lowest BCUT2D eigenvalue weighted by Crippen LogP contribution is -1.90. The average Bonchev–Trinajstić information content (AvgIpc) is 2.31. The van der Waals surface area contributed by atoms with E-state index < -0.39 is 0 Å². The van der Waals surface area contributed by atoms with E-state index in [0.717, 1.165) is 0 Å². The summed E-state index contributed by atoms with van der Waals surface area (Å²) >= 11 is 0. The normalized spacial score (nSPS) is 9.27. The minimum absolute atomic E-state index is 0.265. The molecule has 0 saturated carbocycles. The fraction of sp³-hybridized carbons (Fsp3) is 0. The lowest BCUT2D eigenvalue weighted by Gasteiger charge is -2.04. The number of nitriles is 1. The number of hydrogen-bond donors (Lipinski definition) is 0. The van der Waals surface area contributed by atoms with Gasteiger partial charge in [-0.2, -0.15) is 5.26 Å². The summed E-state index contributed by atoms with van der Waals surface area (Å²) in [7, 11) is 0. The smallest absolute Gasteiger partial charge is 0.183 e. The van der Waals surface area contributed by atoms with Crippen LogP contribution in [0.15, 0.2) is 42.9 Å². The minimum atomic E-state index is 0.265. The van der Waals surface area contributed by atoms with Gasteiger partial charge in [0.15, 0.2) is 11.4 Å². The molecule has 0 spiro atoms. The van der Waals surface area contributed by atoms with Crippen LogP contribution in [0.4, 0.5) is 0 Å². The summed E-state index contributed by atoms with van der Waals surface area (Å²) in [5, 5.41) is 8.79. The van der Waals surface area contributed by atoms with Crippen LogP contribution >= 0.6 is 0 Å². The van der Waals surface area contributed by atoms with Gasteiger partial charge in [0.25, 0.3) is 0 Å². The van der Waals surface area contributed by atoms with Gasteiger partial charge in [-0.15, -0.1) is 0 Å². The van der Waals surface area contributed by atoms with E-state index >= 15 is 0 Å². The van der Waals surface area contributed by atoms with Crippen LogP contribution in [-0.4, -0.2) is 9.97 Å². The molecule has 0 saturated heterocycles. The van der Waals surface area contributed by atoms with Crippen molar-refractivity contribution >= 4 is 0 Å². The van der Waals surface area contributed by atoms with Crippen molar-refractivity contribution in [2.24, 2.45) is 0 Å². The van der Waals surface area contributed by atoms with Crippen molar-refractivity contribution in [2.45, 2.75) is 0 Å². The van der Waals surface area contributed by atoms with Crippen molar-refractivity contribution in [2.75, 3.05) is 0 Å². The van der Waals surface area contributed by atoms with Crippen LogP contribution in [0.25, 0.3) is 0 Å². The summed E-state index contributed by atoms with van der Waals surface area (Å²) in [5.41, 5.74) is 0.265. The second-order valence-corrected chi connectivity index (χ2v) is 2.75. The van der Waals surface area contributed by atoms with Gasteiger partial charge in [0.1, 0.15) is 11.8 Å². The fourth-order valence-corrected chi connectivity index (χ4v) is 1.09. The molecule has 0 amide bonds. The Balaban J connectivity index is 2.29. The molecular formula is C11H7N3O. The van der Waals surface area contributed by atoms with Crippen LogP contribution in [0.5, 0.6) is 11.5 Å². The first kappa shape index (κ1) is 9.16. The lowest BCUT2D eigenvalue weighted by atomic mass is 10.3. The molecule has 0 bridgehead atoms. The first-order valence-corrected chi connectivity index (χ1v) is 4.33. The van der Waals surface area contributed by atoms with E-state index in [9.17, 15) is 0 Å². The molecule has 0 aliphatic rings. The Hall–Kier alpha value is -2.41. The number of ether oxygens (including phenoxy) is 1. The van der Waals surface area contributed by atoms with Gasteiger partial charge in [-0.05, 0) is 24.3 Å². The molecule has 4 nitrogen and oxygen atoms in total. The van der Waals surface area contributed by atoms with Gasteiger partial charge in [0.05, 0.1) is 6.20 Å². The quantitative estimate of drug-likeness (QED) is 0.740. The van der Waals surface area contributed by atoms with Gasteiger partial charge in [-0.3, -0.25) is 4.98 Å². The molecule has 0 aromatic carbocycles. The summed E-state index contributed by atoms with van der Waals surface area (Å²) < 4.78 is 5.45. The molecule has 0 atom stereocenters. The third-order valence-corrected chi connectivity index (χ3v) is 1.74. The molecular weight excluding hydrogens is 190 g/mol. The standard InChI is InChI=1S/C11H7N3O/c12-7-10-11(4-2-6-14-10)15-9-3-1-5-13-8-9/h1-6,8H. The van der Waals surface area contributed by atoms with E-state index in [2.05, 4.69) is 9.97 Å². The molecule has 0 fully saturated rings. The number of nitrogens with zero attached hydrogens (tertiary/aromatic N) is 3. The van der Waals surface area contributed by atoms with Crippen molar-refractivity contribution in [1.82, 2.24) is 9.97 Å². The third-order valence-electron chi connectivity index (χ3n) is 1.74. The van der Waals surface area contributed by atoms with E-state index in [0.29, 0.717) is 11.5 Å². The number of pyridine rings is 2. The van der Waals surface area contributed by atoms with Crippen LogP contribution in [0.1, 0.15) is 5.69 Å². The molecule has 15 heavy (non-hydrogen) atoms. The lowest BCUT2D eigenvalue weighted by molar-refractivity contribution is 0.476. The topological polar surface area (TPSA) is 58.8 Å². The molecule has 0 N–H and O–H groups in total. The molecule has 2 heterocycles. The Morgan fingerprint density at radius 3 is 2.80 bits per heavy atom. The zero-order valence-electron chi connectivity index (χ0n) is 7.79. The molecule has 0 aliphatic heterocycles. The summed E-state index contributed by atoms with van der Waals surface area (Å²) in [6.07, 6.45) is 4.78. The predicted molar refractivity (Wildman–Crippen MR) is 53.3 cm³/mol. The van der Waals surface area contributed by atoms with Gasteiger partial charge in [-0.25, -0.2) is 4.98 Å². The van der Waals surface area contributed by atoms with Gasteiger partial charge in [-0.1, -0.05) is 0 Å². The van der Waals surface area contributed by atoms with Crippen LogP contribution < -0.4 is 4.74 Å². The van der Waals surface area contributed by atoms with Crippen molar-refractivity contribution in [1.29, 1.82) is 5.26 Å². The van der Waals surface area contributed by atoms with Gasteiger partial charge < -0.3 is 4.74 Å².